The number of ether oxygens (including phenoxy) is 1. The lowest BCUT2D eigenvalue weighted by Gasteiger charge is -2.33. The average Bonchev–Trinajstić information content (AvgIpc) is 3.69. The SMILES string of the molecule is CN(CCCc1ccccc1)C1C2CC[C@@H]1[C@H](O[C@@H]1CC3CC[C@H]1C3N(C)CCCc1ccccc1)C2. The number of hydrogen-bond donors (Lipinski definition) is 0. The summed E-state index contributed by atoms with van der Waals surface area (Å²) in [5.41, 5.74) is 2.95. The van der Waals surface area contributed by atoms with E-state index in [-0.39, 0.29) is 0 Å². The van der Waals surface area contributed by atoms with Gasteiger partial charge in [0.2, 0.25) is 0 Å². The van der Waals surface area contributed by atoms with Gasteiger partial charge in [-0.15, -0.1) is 0 Å². The van der Waals surface area contributed by atoms with Gasteiger partial charge >= 0.3 is 0 Å². The highest BCUT2D eigenvalue weighted by Crippen LogP contribution is 2.53. The van der Waals surface area contributed by atoms with E-state index in [9.17, 15) is 0 Å². The van der Waals surface area contributed by atoms with E-state index in [4.69, 9.17) is 4.74 Å². The standard InChI is InChI=1S/C34H48N2O/c1-35(21-9-15-25-11-5-3-6-12-25)33-27-17-19-29(33)31(23-27)37-32-24-28-18-20-30(32)34(28)36(2)22-10-16-26-13-7-4-8-14-26/h3-8,11-14,27-34H,9-10,15-24H2,1-2H3/t27?,28?,29-,30-,31-,32-,33?,34?/m1/s1. The topological polar surface area (TPSA) is 15.7 Å². The first-order valence-electron chi connectivity index (χ1n) is 15.3. The lowest BCUT2D eigenvalue weighted by Crippen LogP contribution is -2.40. The minimum atomic E-state index is 0.508. The molecule has 6 rings (SSSR count). The van der Waals surface area contributed by atoms with Crippen LogP contribution in [0.4, 0.5) is 0 Å². The first-order valence-corrected chi connectivity index (χ1v) is 15.3. The van der Waals surface area contributed by atoms with E-state index in [0.29, 0.717) is 12.2 Å². The number of nitrogens with zero attached hydrogens (tertiary/aromatic N) is 2. The second-order valence-electron chi connectivity index (χ2n) is 12.8. The van der Waals surface area contributed by atoms with Crippen molar-refractivity contribution in [2.45, 2.75) is 88.5 Å². The molecule has 3 nitrogen and oxygen atoms in total. The van der Waals surface area contributed by atoms with Crippen LogP contribution in [0.1, 0.15) is 62.5 Å². The Morgan fingerprint density at radius 2 is 1.05 bits per heavy atom. The van der Waals surface area contributed by atoms with Gasteiger partial charge in [-0.1, -0.05) is 60.7 Å². The van der Waals surface area contributed by atoms with Gasteiger partial charge in [-0.2, -0.15) is 0 Å². The predicted octanol–water partition coefficient (Wildman–Crippen LogP) is 6.47. The summed E-state index contributed by atoms with van der Waals surface area (Å²) in [6.45, 7) is 2.42. The van der Waals surface area contributed by atoms with Crippen LogP contribution >= 0.6 is 0 Å². The number of hydrogen-bond acceptors (Lipinski definition) is 3. The summed E-state index contributed by atoms with van der Waals surface area (Å²) in [6.07, 6.45) is 14.1. The molecule has 4 fully saturated rings. The Balaban J connectivity index is 0.987. The fraction of sp³-hybridized carbons (Fsp3) is 0.647. The van der Waals surface area contributed by atoms with E-state index < -0.39 is 0 Å². The second kappa shape index (κ2) is 11.6. The van der Waals surface area contributed by atoms with E-state index in [1.165, 1.54) is 88.4 Å². The summed E-state index contributed by atoms with van der Waals surface area (Å²) in [5.74, 6) is 3.22. The maximum Gasteiger partial charge on any atom is 0.0625 e. The molecule has 8 atom stereocenters. The zero-order valence-electron chi connectivity index (χ0n) is 23.2. The van der Waals surface area contributed by atoms with Crippen molar-refractivity contribution in [3.63, 3.8) is 0 Å². The molecule has 0 aliphatic heterocycles. The molecule has 4 aliphatic rings. The van der Waals surface area contributed by atoms with Gasteiger partial charge < -0.3 is 14.5 Å². The normalized spacial score (nSPS) is 34.3. The fourth-order valence-electron chi connectivity index (χ4n) is 9.03. The van der Waals surface area contributed by atoms with Gasteiger partial charge in [0, 0.05) is 23.9 Å². The summed E-state index contributed by atoms with van der Waals surface area (Å²) >= 11 is 0. The number of benzene rings is 2. The summed E-state index contributed by atoms with van der Waals surface area (Å²) in [7, 11) is 4.78. The number of fused-ring (bicyclic) bond motifs is 4. The van der Waals surface area contributed by atoms with Crippen molar-refractivity contribution in [1.82, 2.24) is 9.80 Å². The Bertz CT molecular complexity index is 900. The number of aryl methyl sites for hydroxylation is 2. The molecule has 0 saturated heterocycles. The Morgan fingerprint density at radius 3 is 1.49 bits per heavy atom. The molecule has 2 aromatic carbocycles. The van der Waals surface area contributed by atoms with Crippen LogP contribution < -0.4 is 0 Å². The predicted molar refractivity (Wildman–Crippen MR) is 153 cm³/mol. The molecular weight excluding hydrogens is 452 g/mol. The summed E-state index contributed by atoms with van der Waals surface area (Å²) in [6, 6.07) is 23.5. The summed E-state index contributed by atoms with van der Waals surface area (Å²) < 4.78 is 7.10. The van der Waals surface area contributed by atoms with Crippen LogP contribution in [0, 0.1) is 23.7 Å². The van der Waals surface area contributed by atoms with Gasteiger partial charge in [-0.05, 0) is 114 Å². The van der Waals surface area contributed by atoms with Gasteiger partial charge in [-0.3, -0.25) is 0 Å². The van der Waals surface area contributed by atoms with E-state index in [1.54, 1.807) is 0 Å². The summed E-state index contributed by atoms with van der Waals surface area (Å²) in [5, 5.41) is 0. The highest BCUT2D eigenvalue weighted by atomic mass is 16.5. The van der Waals surface area contributed by atoms with Crippen LogP contribution in [0.5, 0.6) is 0 Å². The van der Waals surface area contributed by atoms with Crippen LogP contribution in [-0.2, 0) is 17.6 Å². The fourth-order valence-corrected chi connectivity index (χ4v) is 9.03. The third kappa shape index (κ3) is 5.56. The maximum absolute atomic E-state index is 7.10. The van der Waals surface area contributed by atoms with E-state index in [2.05, 4.69) is 84.6 Å². The minimum absolute atomic E-state index is 0.508. The highest BCUT2D eigenvalue weighted by molar-refractivity contribution is 5.15. The van der Waals surface area contributed by atoms with E-state index in [1.807, 2.05) is 0 Å². The molecule has 2 aromatic rings. The Morgan fingerprint density at radius 1 is 0.622 bits per heavy atom. The Kier molecular flexibility index (Phi) is 8.02. The zero-order chi connectivity index (χ0) is 25.2. The zero-order valence-corrected chi connectivity index (χ0v) is 23.2. The van der Waals surface area contributed by atoms with Gasteiger partial charge in [-0.25, -0.2) is 0 Å². The molecule has 3 heteroatoms. The van der Waals surface area contributed by atoms with Crippen molar-refractivity contribution >= 4 is 0 Å². The Hall–Kier alpha value is -1.68. The molecule has 4 unspecified atom stereocenters. The lowest BCUT2D eigenvalue weighted by molar-refractivity contribution is -0.0691. The lowest BCUT2D eigenvalue weighted by atomic mass is 9.94. The second-order valence-corrected chi connectivity index (χ2v) is 12.8. The highest BCUT2D eigenvalue weighted by Gasteiger charge is 2.54. The van der Waals surface area contributed by atoms with Crippen molar-refractivity contribution in [1.29, 1.82) is 0 Å². The number of rotatable bonds is 12. The molecule has 0 radical (unpaired) electrons. The molecule has 0 heterocycles. The van der Waals surface area contributed by atoms with Gasteiger partial charge in [0.1, 0.15) is 0 Å². The molecular formula is C34H48N2O. The molecule has 4 aliphatic carbocycles. The molecule has 0 aromatic heterocycles. The third-order valence-electron chi connectivity index (χ3n) is 10.6. The van der Waals surface area contributed by atoms with Crippen molar-refractivity contribution < 1.29 is 4.74 Å². The van der Waals surface area contributed by atoms with E-state index in [0.717, 1.165) is 35.8 Å². The quantitative estimate of drug-likeness (QED) is 0.332. The van der Waals surface area contributed by atoms with Crippen molar-refractivity contribution in [2.24, 2.45) is 23.7 Å². The summed E-state index contributed by atoms with van der Waals surface area (Å²) in [4.78, 5) is 5.41. The Labute approximate surface area is 225 Å². The molecule has 200 valence electrons. The van der Waals surface area contributed by atoms with Crippen LogP contribution in [0.25, 0.3) is 0 Å². The molecule has 37 heavy (non-hydrogen) atoms. The first kappa shape index (κ1) is 25.6. The van der Waals surface area contributed by atoms with Gasteiger partial charge in [0.15, 0.2) is 0 Å². The van der Waals surface area contributed by atoms with Crippen LogP contribution in [-0.4, -0.2) is 61.3 Å². The van der Waals surface area contributed by atoms with Crippen LogP contribution in [0.3, 0.4) is 0 Å². The first-order chi connectivity index (χ1) is 18.2. The molecule has 0 amide bonds. The monoisotopic (exact) mass is 500 g/mol. The van der Waals surface area contributed by atoms with Crippen LogP contribution in [0.2, 0.25) is 0 Å². The largest absolute Gasteiger partial charge is 0.374 e. The minimum Gasteiger partial charge on any atom is -0.374 e. The maximum atomic E-state index is 7.10. The molecule has 4 saturated carbocycles. The average molecular weight is 501 g/mol. The molecule has 4 bridgehead atoms. The van der Waals surface area contributed by atoms with Gasteiger partial charge in [0.25, 0.3) is 0 Å². The van der Waals surface area contributed by atoms with Gasteiger partial charge in [0.05, 0.1) is 12.2 Å². The molecule has 0 N–H and O–H groups in total. The van der Waals surface area contributed by atoms with Crippen molar-refractivity contribution in [2.75, 3.05) is 27.2 Å². The van der Waals surface area contributed by atoms with Crippen molar-refractivity contribution in [3.8, 4) is 0 Å². The third-order valence-corrected chi connectivity index (χ3v) is 10.6. The van der Waals surface area contributed by atoms with Crippen molar-refractivity contribution in [3.05, 3.63) is 71.8 Å². The van der Waals surface area contributed by atoms with Crippen LogP contribution in [0.15, 0.2) is 60.7 Å². The van der Waals surface area contributed by atoms with E-state index >= 15 is 0 Å². The smallest absolute Gasteiger partial charge is 0.0625 e. The molecule has 0 spiro atoms.